The monoisotopic (exact) mass is 252 g/mol. The molecule has 1 aromatic rings. The van der Waals surface area contributed by atoms with Crippen molar-refractivity contribution < 1.29 is 9.47 Å². The Balaban J connectivity index is 2.44. The van der Waals surface area contributed by atoms with Crippen molar-refractivity contribution >= 4 is 5.82 Å². The second-order valence-corrected chi connectivity index (χ2v) is 5.50. The summed E-state index contributed by atoms with van der Waals surface area (Å²) in [6, 6.07) is 5.71. The van der Waals surface area contributed by atoms with Crippen molar-refractivity contribution in [1.29, 1.82) is 0 Å². The molecule has 0 bridgehead atoms. The molecule has 0 unspecified atom stereocenters. The number of hydrogen-bond donors (Lipinski definition) is 1. The maximum Gasteiger partial charge on any atom is 0.215 e. The van der Waals surface area contributed by atoms with Crippen molar-refractivity contribution in [1.82, 2.24) is 4.98 Å². The molecule has 0 saturated carbocycles. The topological polar surface area (TPSA) is 43.4 Å². The Bertz CT molecular complexity index is 359. The molecule has 1 rings (SSSR count). The van der Waals surface area contributed by atoms with Gasteiger partial charge in [0, 0.05) is 11.6 Å². The third-order valence-corrected chi connectivity index (χ3v) is 2.01. The third kappa shape index (κ3) is 6.45. The van der Waals surface area contributed by atoms with Crippen molar-refractivity contribution in [2.45, 2.75) is 46.3 Å². The highest BCUT2D eigenvalue weighted by Crippen LogP contribution is 2.15. The van der Waals surface area contributed by atoms with E-state index in [-0.39, 0.29) is 11.6 Å². The number of hydrogen-bond acceptors (Lipinski definition) is 4. The number of aromatic nitrogens is 1. The van der Waals surface area contributed by atoms with Crippen LogP contribution >= 0.6 is 0 Å². The molecule has 1 aromatic heterocycles. The predicted molar refractivity (Wildman–Crippen MR) is 74.2 cm³/mol. The van der Waals surface area contributed by atoms with Gasteiger partial charge in [0.1, 0.15) is 12.4 Å². The van der Waals surface area contributed by atoms with Crippen LogP contribution in [0.5, 0.6) is 5.88 Å². The normalized spacial score (nSPS) is 11.7. The van der Waals surface area contributed by atoms with E-state index in [4.69, 9.17) is 9.47 Å². The van der Waals surface area contributed by atoms with Crippen LogP contribution in [-0.4, -0.2) is 29.8 Å². The number of nitrogens with zero attached hydrogens (tertiary/aromatic N) is 1. The van der Waals surface area contributed by atoms with E-state index in [2.05, 4.69) is 31.1 Å². The second-order valence-electron chi connectivity index (χ2n) is 5.50. The summed E-state index contributed by atoms with van der Waals surface area (Å²) in [4.78, 5) is 4.39. The average molecular weight is 252 g/mol. The molecular weight excluding hydrogens is 228 g/mol. The molecule has 0 aliphatic rings. The van der Waals surface area contributed by atoms with Crippen LogP contribution in [-0.2, 0) is 4.74 Å². The lowest BCUT2D eigenvalue weighted by Gasteiger charge is -2.21. The first kappa shape index (κ1) is 14.8. The maximum absolute atomic E-state index is 5.54. The molecular formula is C14H24N2O2. The number of anilines is 1. The van der Waals surface area contributed by atoms with Gasteiger partial charge in [0.15, 0.2) is 0 Å². The van der Waals surface area contributed by atoms with E-state index in [1.807, 2.05) is 32.0 Å². The molecule has 0 saturated heterocycles. The summed E-state index contributed by atoms with van der Waals surface area (Å²) in [6.07, 6.45) is 0.232. The zero-order valence-electron chi connectivity index (χ0n) is 12.0. The van der Waals surface area contributed by atoms with Crippen molar-refractivity contribution in [2.24, 2.45) is 0 Å². The summed E-state index contributed by atoms with van der Waals surface area (Å²) >= 11 is 0. The van der Waals surface area contributed by atoms with Crippen molar-refractivity contribution in [3.8, 4) is 5.88 Å². The van der Waals surface area contributed by atoms with Crippen molar-refractivity contribution in [2.75, 3.05) is 18.5 Å². The smallest absolute Gasteiger partial charge is 0.215 e. The van der Waals surface area contributed by atoms with E-state index < -0.39 is 0 Å². The van der Waals surface area contributed by atoms with Gasteiger partial charge in [0.2, 0.25) is 5.88 Å². The highest BCUT2D eigenvalue weighted by Gasteiger charge is 2.10. The SMILES string of the molecule is CC(C)OCCOc1cccc(NC(C)(C)C)n1. The minimum Gasteiger partial charge on any atom is -0.475 e. The van der Waals surface area contributed by atoms with Crippen LogP contribution in [0.2, 0.25) is 0 Å². The van der Waals surface area contributed by atoms with E-state index in [0.29, 0.717) is 19.1 Å². The fourth-order valence-electron chi connectivity index (χ4n) is 1.38. The van der Waals surface area contributed by atoms with E-state index in [9.17, 15) is 0 Å². The van der Waals surface area contributed by atoms with Crippen LogP contribution in [0.1, 0.15) is 34.6 Å². The van der Waals surface area contributed by atoms with E-state index in [1.54, 1.807) is 0 Å². The Morgan fingerprint density at radius 1 is 1.22 bits per heavy atom. The Morgan fingerprint density at radius 2 is 1.94 bits per heavy atom. The number of nitrogens with one attached hydrogen (secondary N) is 1. The summed E-state index contributed by atoms with van der Waals surface area (Å²) in [6.45, 7) is 11.4. The average Bonchev–Trinajstić information content (AvgIpc) is 2.22. The van der Waals surface area contributed by atoms with Gasteiger partial charge in [-0.3, -0.25) is 0 Å². The van der Waals surface area contributed by atoms with Crippen LogP contribution in [0.15, 0.2) is 18.2 Å². The van der Waals surface area contributed by atoms with Gasteiger partial charge >= 0.3 is 0 Å². The molecule has 102 valence electrons. The highest BCUT2D eigenvalue weighted by molar-refractivity contribution is 5.39. The van der Waals surface area contributed by atoms with Gasteiger partial charge < -0.3 is 14.8 Å². The number of ether oxygens (including phenoxy) is 2. The molecule has 1 N–H and O–H groups in total. The Hall–Kier alpha value is -1.29. The molecule has 0 spiro atoms. The molecule has 4 heteroatoms. The summed E-state index contributed by atoms with van der Waals surface area (Å²) < 4.78 is 10.9. The third-order valence-electron chi connectivity index (χ3n) is 2.01. The summed E-state index contributed by atoms with van der Waals surface area (Å²) in [5.41, 5.74) is -0.00756. The van der Waals surface area contributed by atoms with Gasteiger partial charge in [-0.2, -0.15) is 4.98 Å². The molecule has 1 heterocycles. The number of pyridine rings is 1. The first-order valence-electron chi connectivity index (χ1n) is 6.36. The molecule has 0 radical (unpaired) electrons. The van der Waals surface area contributed by atoms with Crippen LogP contribution in [0.3, 0.4) is 0 Å². The summed E-state index contributed by atoms with van der Waals surface area (Å²) in [5.74, 6) is 1.45. The maximum atomic E-state index is 5.54. The van der Waals surface area contributed by atoms with Crippen LogP contribution < -0.4 is 10.1 Å². The molecule has 0 fully saturated rings. The van der Waals surface area contributed by atoms with Gasteiger partial charge in [-0.1, -0.05) is 6.07 Å². The zero-order chi connectivity index (χ0) is 13.6. The minimum atomic E-state index is -0.00756. The molecule has 0 aliphatic carbocycles. The Labute approximate surface area is 110 Å². The zero-order valence-corrected chi connectivity index (χ0v) is 12.0. The highest BCUT2D eigenvalue weighted by atomic mass is 16.5. The van der Waals surface area contributed by atoms with Gasteiger partial charge in [0.05, 0.1) is 12.7 Å². The van der Waals surface area contributed by atoms with Crippen LogP contribution in [0.25, 0.3) is 0 Å². The first-order valence-corrected chi connectivity index (χ1v) is 6.36. The van der Waals surface area contributed by atoms with Gasteiger partial charge in [0.25, 0.3) is 0 Å². The Kier molecular flexibility index (Phi) is 5.41. The standard InChI is InChI=1S/C14H24N2O2/c1-11(2)17-9-10-18-13-8-6-7-12(15-13)16-14(3,4)5/h6-8,11H,9-10H2,1-5H3,(H,15,16). The van der Waals surface area contributed by atoms with E-state index in [0.717, 1.165) is 5.82 Å². The van der Waals surface area contributed by atoms with Crippen LogP contribution in [0, 0.1) is 0 Å². The fraction of sp³-hybridized carbons (Fsp3) is 0.643. The van der Waals surface area contributed by atoms with Gasteiger partial charge in [-0.25, -0.2) is 0 Å². The second kappa shape index (κ2) is 6.59. The van der Waals surface area contributed by atoms with Gasteiger partial charge in [-0.15, -0.1) is 0 Å². The largest absolute Gasteiger partial charge is 0.475 e. The van der Waals surface area contributed by atoms with Crippen LogP contribution in [0.4, 0.5) is 5.82 Å². The lowest BCUT2D eigenvalue weighted by molar-refractivity contribution is 0.0543. The quantitative estimate of drug-likeness (QED) is 0.790. The van der Waals surface area contributed by atoms with Crippen molar-refractivity contribution in [3.63, 3.8) is 0 Å². The fourth-order valence-corrected chi connectivity index (χ4v) is 1.38. The molecule has 18 heavy (non-hydrogen) atoms. The predicted octanol–water partition coefficient (Wildman–Crippen LogP) is 3.10. The summed E-state index contributed by atoms with van der Waals surface area (Å²) in [7, 11) is 0. The molecule has 4 nitrogen and oxygen atoms in total. The summed E-state index contributed by atoms with van der Waals surface area (Å²) in [5, 5.41) is 3.31. The molecule has 0 amide bonds. The van der Waals surface area contributed by atoms with E-state index >= 15 is 0 Å². The minimum absolute atomic E-state index is 0.00756. The van der Waals surface area contributed by atoms with Crippen molar-refractivity contribution in [3.05, 3.63) is 18.2 Å². The molecule has 0 atom stereocenters. The Morgan fingerprint density at radius 3 is 2.56 bits per heavy atom. The number of rotatable bonds is 6. The lowest BCUT2D eigenvalue weighted by atomic mass is 10.1. The first-order chi connectivity index (χ1) is 8.37. The lowest BCUT2D eigenvalue weighted by Crippen LogP contribution is -2.26. The molecule has 0 aromatic carbocycles. The molecule has 0 aliphatic heterocycles. The van der Waals surface area contributed by atoms with Gasteiger partial charge in [-0.05, 0) is 40.7 Å². The van der Waals surface area contributed by atoms with E-state index in [1.165, 1.54) is 0 Å².